The van der Waals surface area contributed by atoms with Crippen LogP contribution in [0.25, 0.3) is 10.9 Å². The lowest BCUT2D eigenvalue weighted by atomic mass is 10.1. The quantitative estimate of drug-likeness (QED) is 0.640. The Balaban J connectivity index is 1.50. The number of fused-ring (bicyclic) bond motifs is 1. The van der Waals surface area contributed by atoms with Gasteiger partial charge in [-0.1, -0.05) is 48.5 Å². The summed E-state index contributed by atoms with van der Waals surface area (Å²) in [5.41, 5.74) is 7.44. The Bertz CT molecular complexity index is 887. The largest absolute Gasteiger partial charge is 0.350 e. The number of hydrogen-bond acceptors (Lipinski definition) is 2. The fourth-order valence-electron chi connectivity index (χ4n) is 2.71. The minimum absolute atomic E-state index is 0.352. The molecule has 3 amide bonds. The predicted molar refractivity (Wildman–Crippen MR) is 97.1 cm³/mol. The van der Waals surface area contributed by atoms with Crippen LogP contribution in [0, 0.1) is 0 Å². The maximum atomic E-state index is 12.3. The van der Waals surface area contributed by atoms with Gasteiger partial charge in [0.1, 0.15) is 0 Å². The van der Waals surface area contributed by atoms with E-state index in [1.54, 1.807) is 6.20 Å². The van der Waals surface area contributed by atoms with Crippen LogP contribution in [-0.4, -0.2) is 23.1 Å². The average molecular weight is 336 g/mol. The molecule has 1 heterocycles. The molecule has 6 nitrogen and oxygen atoms in total. The highest BCUT2D eigenvalue weighted by Crippen LogP contribution is 2.19. The molecule has 0 spiro atoms. The summed E-state index contributed by atoms with van der Waals surface area (Å²) in [7, 11) is 1.88. The first-order valence-electron chi connectivity index (χ1n) is 8.07. The summed E-state index contributed by atoms with van der Waals surface area (Å²) >= 11 is 0. The van der Waals surface area contributed by atoms with E-state index in [1.807, 2.05) is 66.2 Å². The first-order valence-corrected chi connectivity index (χ1v) is 8.07. The van der Waals surface area contributed by atoms with E-state index >= 15 is 0 Å². The van der Waals surface area contributed by atoms with Crippen LogP contribution in [0.4, 0.5) is 4.79 Å². The molecule has 0 saturated carbocycles. The third kappa shape index (κ3) is 3.98. The van der Waals surface area contributed by atoms with Crippen LogP contribution in [0.1, 0.15) is 15.9 Å². The molecule has 25 heavy (non-hydrogen) atoms. The second-order valence-corrected chi connectivity index (χ2v) is 5.74. The van der Waals surface area contributed by atoms with Crippen LogP contribution in [0.2, 0.25) is 0 Å². The number of aromatic nitrogens is 1. The van der Waals surface area contributed by atoms with Crippen LogP contribution in [0.5, 0.6) is 0 Å². The summed E-state index contributed by atoms with van der Waals surface area (Å²) < 4.78 is 1.88. The Morgan fingerprint density at radius 3 is 2.48 bits per heavy atom. The molecule has 0 fully saturated rings. The van der Waals surface area contributed by atoms with Gasteiger partial charge in [0.15, 0.2) is 0 Å². The molecule has 0 aliphatic rings. The van der Waals surface area contributed by atoms with E-state index < -0.39 is 6.03 Å². The normalized spacial score (nSPS) is 10.4. The number of carbonyl (C=O) groups excluding carboxylic acids is 2. The van der Waals surface area contributed by atoms with Gasteiger partial charge in [-0.25, -0.2) is 10.2 Å². The van der Waals surface area contributed by atoms with Crippen molar-refractivity contribution in [3.05, 3.63) is 71.9 Å². The number of hydrazine groups is 1. The molecule has 3 rings (SSSR count). The number of amides is 3. The number of benzene rings is 2. The van der Waals surface area contributed by atoms with Crippen molar-refractivity contribution in [2.75, 3.05) is 6.54 Å². The molecule has 128 valence electrons. The summed E-state index contributed by atoms with van der Waals surface area (Å²) in [5, 5.41) is 3.55. The van der Waals surface area contributed by atoms with Crippen molar-refractivity contribution in [1.82, 2.24) is 20.7 Å². The standard InChI is InChI=1S/C19H20N4O2/c1-23-13-16(15-9-5-6-10-17(15)23)18(24)21-22-19(25)20-12-11-14-7-3-2-4-8-14/h2-10,13H,11-12H2,1H3,(H,21,24)(H2,20,22,25). The summed E-state index contributed by atoms with van der Waals surface area (Å²) in [5.74, 6) is -0.352. The van der Waals surface area contributed by atoms with Gasteiger partial charge < -0.3 is 9.88 Å². The number of nitrogens with one attached hydrogen (secondary N) is 3. The lowest BCUT2D eigenvalue weighted by Gasteiger charge is -2.08. The van der Waals surface area contributed by atoms with Gasteiger partial charge >= 0.3 is 6.03 Å². The number of rotatable bonds is 4. The van der Waals surface area contributed by atoms with Crippen LogP contribution in [0.3, 0.4) is 0 Å². The molecule has 3 N–H and O–H groups in total. The van der Waals surface area contributed by atoms with E-state index in [1.165, 1.54) is 0 Å². The summed E-state index contributed by atoms with van der Waals surface area (Å²) in [6, 6.07) is 17.0. The van der Waals surface area contributed by atoms with E-state index in [0.29, 0.717) is 12.1 Å². The van der Waals surface area contributed by atoms with Gasteiger partial charge in [0.25, 0.3) is 5.91 Å². The van der Waals surface area contributed by atoms with Gasteiger partial charge in [-0.15, -0.1) is 0 Å². The Hall–Kier alpha value is -3.28. The predicted octanol–water partition coefficient (Wildman–Crippen LogP) is 2.37. The molecule has 1 aromatic heterocycles. The summed E-state index contributed by atoms with van der Waals surface area (Å²) in [4.78, 5) is 24.1. The van der Waals surface area contributed by atoms with Crippen LogP contribution < -0.4 is 16.2 Å². The fraction of sp³-hybridized carbons (Fsp3) is 0.158. The molecule has 0 unspecified atom stereocenters. The van der Waals surface area contributed by atoms with Crippen molar-refractivity contribution in [3.8, 4) is 0 Å². The van der Waals surface area contributed by atoms with Gasteiger partial charge in [0.2, 0.25) is 0 Å². The molecule has 0 radical (unpaired) electrons. The van der Waals surface area contributed by atoms with Gasteiger partial charge in [-0.2, -0.15) is 0 Å². The van der Waals surface area contributed by atoms with Crippen molar-refractivity contribution in [1.29, 1.82) is 0 Å². The maximum absolute atomic E-state index is 12.3. The summed E-state index contributed by atoms with van der Waals surface area (Å²) in [6.07, 6.45) is 2.47. The molecular formula is C19H20N4O2. The molecule has 0 bridgehead atoms. The number of urea groups is 1. The molecule has 2 aromatic carbocycles. The molecule has 0 aliphatic carbocycles. The SMILES string of the molecule is Cn1cc(C(=O)NNC(=O)NCCc2ccccc2)c2ccccc21. The Morgan fingerprint density at radius 1 is 0.960 bits per heavy atom. The monoisotopic (exact) mass is 336 g/mol. The highest BCUT2D eigenvalue weighted by atomic mass is 16.2. The number of hydrogen-bond donors (Lipinski definition) is 3. The molecule has 6 heteroatoms. The second kappa shape index (κ2) is 7.53. The maximum Gasteiger partial charge on any atom is 0.333 e. The molecule has 3 aromatic rings. The van der Waals surface area contributed by atoms with Crippen molar-refractivity contribution in [2.45, 2.75) is 6.42 Å². The van der Waals surface area contributed by atoms with Crippen molar-refractivity contribution in [2.24, 2.45) is 7.05 Å². The van der Waals surface area contributed by atoms with Gasteiger partial charge in [0.05, 0.1) is 5.56 Å². The zero-order chi connectivity index (χ0) is 17.6. The van der Waals surface area contributed by atoms with Crippen molar-refractivity contribution < 1.29 is 9.59 Å². The van der Waals surface area contributed by atoms with Gasteiger partial charge in [-0.3, -0.25) is 10.2 Å². The topological polar surface area (TPSA) is 75.2 Å². The van der Waals surface area contributed by atoms with Crippen LogP contribution >= 0.6 is 0 Å². The zero-order valence-electron chi connectivity index (χ0n) is 14.0. The minimum Gasteiger partial charge on any atom is -0.350 e. The first kappa shape index (κ1) is 16.6. The fourth-order valence-corrected chi connectivity index (χ4v) is 2.71. The lowest BCUT2D eigenvalue weighted by molar-refractivity contribution is 0.0938. The van der Waals surface area contributed by atoms with Gasteiger partial charge in [-0.05, 0) is 18.1 Å². The third-order valence-electron chi connectivity index (χ3n) is 3.97. The highest BCUT2D eigenvalue weighted by molar-refractivity contribution is 6.07. The lowest BCUT2D eigenvalue weighted by Crippen LogP contribution is -2.47. The molecular weight excluding hydrogens is 316 g/mol. The van der Waals surface area contributed by atoms with E-state index in [9.17, 15) is 9.59 Å². The Kier molecular flexibility index (Phi) is 4.99. The Labute approximate surface area is 145 Å². The third-order valence-corrected chi connectivity index (χ3v) is 3.97. The van der Waals surface area contributed by atoms with Crippen molar-refractivity contribution >= 4 is 22.8 Å². The van der Waals surface area contributed by atoms with Crippen LogP contribution in [0.15, 0.2) is 60.8 Å². The summed E-state index contributed by atoms with van der Waals surface area (Å²) in [6.45, 7) is 0.486. The van der Waals surface area contributed by atoms with Crippen molar-refractivity contribution in [3.63, 3.8) is 0 Å². The zero-order valence-corrected chi connectivity index (χ0v) is 14.0. The highest BCUT2D eigenvalue weighted by Gasteiger charge is 2.13. The number of aryl methyl sites for hydroxylation is 1. The number of nitrogens with zero attached hydrogens (tertiary/aromatic N) is 1. The Morgan fingerprint density at radius 2 is 1.68 bits per heavy atom. The number of para-hydroxylation sites is 1. The van der Waals surface area contributed by atoms with E-state index in [0.717, 1.165) is 22.9 Å². The van der Waals surface area contributed by atoms with Crippen LogP contribution in [-0.2, 0) is 13.5 Å². The van der Waals surface area contributed by atoms with E-state index in [-0.39, 0.29) is 5.91 Å². The molecule has 0 saturated heterocycles. The van der Waals surface area contributed by atoms with E-state index in [2.05, 4.69) is 16.2 Å². The first-order chi connectivity index (χ1) is 12.1. The second-order valence-electron chi connectivity index (χ2n) is 5.74. The number of carbonyl (C=O) groups is 2. The van der Waals surface area contributed by atoms with Gasteiger partial charge in [0, 0.05) is 30.7 Å². The smallest absolute Gasteiger partial charge is 0.333 e. The molecule has 0 aliphatic heterocycles. The molecule has 0 atom stereocenters. The minimum atomic E-state index is -0.440. The average Bonchev–Trinajstić information content (AvgIpc) is 2.98. The van der Waals surface area contributed by atoms with E-state index in [4.69, 9.17) is 0 Å².